The molecular weight excluding hydrogens is 1550 g/mol. The molecule has 3 saturated heterocycles. The first-order valence-corrected chi connectivity index (χ1v) is 42.6. The predicted molar refractivity (Wildman–Crippen MR) is 390 cm³/mol. The van der Waals surface area contributed by atoms with Gasteiger partial charge >= 0.3 is 11.9 Å². The summed E-state index contributed by atoms with van der Waals surface area (Å²) in [7, 11) is -19.6. The number of esters is 2. The van der Waals surface area contributed by atoms with Gasteiger partial charge in [0.25, 0.3) is 6.26 Å². The maximum atomic E-state index is 13.4. The van der Waals surface area contributed by atoms with E-state index in [1.54, 1.807) is 30.3 Å². The maximum absolute atomic E-state index is 13.4. The van der Waals surface area contributed by atoms with E-state index in [-0.39, 0.29) is 102 Å². The van der Waals surface area contributed by atoms with Crippen LogP contribution < -0.4 is 10.5 Å². The van der Waals surface area contributed by atoms with E-state index in [1.807, 2.05) is 12.1 Å². The fourth-order valence-corrected chi connectivity index (χ4v) is 23.6. The van der Waals surface area contributed by atoms with Crippen molar-refractivity contribution in [1.29, 1.82) is 5.26 Å². The highest BCUT2D eigenvalue weighted by molar-refractivity contribution is 8.01. The minimum Gasteiger partial charge on any atom is -0.464 e. The third-order valence-electron chi connectivity index (χ3n) is 16.4. The number of hydrogen-bond acceptors (Lipinski definition) is 22. The van der Waals surface area contributed by atoms with Crippen molar-refractivity contribution < 1.29 is 84.2 Å². The van der Waals surface area contributed by atoms with Gasteiger partial charge in [-0.05, 0) is 189 Å². The molecule has 12 rings (SSSR count). The Balaban J connectivity index is 0.000000175. The van der Waals surface area contributed by atoms with E-state index in [1.165, 1.54) is 170 Å². The highest BCUT2D eigenvalue weighted by atomic mass is 32.2. The van der Waals surface area contributed by atoms with Crippen molar-refractivity contribution >= 4 is 117 Å². The summed E-state index contributed by atoms with van der Waals surface area (Å²) in [6.07, 6.45) is 4.93. The van der Waals surface area contributed by atoms with Crippen LogP contribution in [-0.4, -0.2) is 130 Å². The molecule has 6 heterocycles. The fraction of sp³-hybridized carbons (Fsp3) is 0.254. The molecular formula is C71H66F3N7O16S9. The van der Waals surface area contributed by atoms with E-state index < -0.39 is 85.4 Å². The van der Waals surface area contributed by atoms with Gasteiger partial charge in [-0.25, -0.2) is 65.0 Å². The maximum Gasteiger partial charge on any atom is 0.310 e. The smallest absolute Gasteiger partial charge is 0.310 e. The fourth-order valence-electron chi connectivity index (χ4n) is 11.1. The van der Waals surface area contributed by atoms with Gasteiger partial charge in [0.15, 0.2) is 0 Å². The Labute approximate surface area is 628 Å². The van der Waals surface area contributed by atoms with Crippen LogP contribution in [0.5, 0.6) is 5.75 Å². The summed E-state index contributed by atoms with van der Waals surface area (Å²) in [6.45, 7) is 14.7. The minimum atomic E-state index is -4.07. The summed E-state index contributed by atoms with van der Waals surface area (Å²) in [6, 6.07) is 41.3. The van der Waals surface area contributed by atoms with E-state index in [0.717, 1.165) is 50.3 Å². The molecule has 106 heavy (non-hydrogen) atoms. The van der Waals surface area contributed by atoms with Crippen LogP contribution in [0, 0.1) is 42.1 Å². The second kappa shape index (κ2) is 36.7. The Kier molecular flexibility index (Phi) is 28.2. The summed E-state index contributed by atoms with van der Waals surface area (Å²) < 4.78 is 190. The zero-order chi connectivity index (χ0) is 76.4. The lowest BCUT2D eigenvalue weighted by atomic mass is 10.1. The van der Waals surface area contributed by atoms with Gasteiger partial charge in [-0.2, -0.15) is 12.9 Å². The largest absolute Gasteiger partial charge is 0.464 e. The molecule has 556 valence electrons. The summed E-state index contributed by atoms with van der Waals surface area (Å²) in [5.41, 5.74) is 6.74. The lowest BCUT2D eigenvalue weighted by Gasteiger charge is -2.24. The molecule has 0 unspecified atom stereocenters. The molecule has 3 aromatic heterocycles. The standard InChI is InChI=1S/C24H21FN2O6S3.C24H25FN2O6S3.C16H16N2O3S3.C7H4FNO/c1-26-22-11-12-24(34-22)35(29,30)20-5-2-6-21(15-20)36(31,32)27-13-3-4-19(27)16-33-23(28)14-17-7-9-18(25)10-8-17;25-18-8-6-17(7-9-18)13-23(28)33-16-19-3-2-12-27(19)36(31,32)22-5-1-4-21(14-22)35(29,30)24-11-10-20(15-26)34-24;1-17-15-7-8-16(23-15)22-13-5-2-6-14(10-13)24(20,21)18-9-3-4-12(18)11-19;8-6-1-3-7(4-2-6)10-5-9/h2,5-12,15,19H,3-4,13-14,16H2;1,4-11,14,19H,2-3,12-13,15-16,26H2;2,5-8,10,12,19H,3-4,9,11H2;1-4H/t2*19-;12-;/m000./s1. The molecule has 35 heteroatoms. The van der Waals surface area contributed by atoms with Gasteiger partial charge in [0, 0.05) is 42.0 Å². The molecule has 0 bridgehead atoms. The van der Waals surface area contributed by atoms with Crippen LogP contribution >= 0.6 is 45.8 Å². The van der Waals surface area contributed by atoms with Crippen LogP contribution in [-0.2, 0) is 88.2 Å². The highest BCUT2D eigenvalue weighted by Gasteiger charge is 2.39. The summed E-state index contributed by atoms with van der Waals surface area (Å²) in [5, 5.41) is 18.2. The number of nitrogens with zero attached hydrogens (tertiary/aromatic N) is 6. The van der Waals surface area contributed by atoms with Gasteiger partial charge in [0.2, 0.25) is 59.7 Å². The number of aliphatic hydroxyl groups is 1. The minimum absolute atomic E-state index is 0.0461. The zero-order valence-electron chi connectivity index (χ0n) is 55.8. The van der Waals surface area contributed by atoms with Gasteiger partial charge in [-0.15, -0.1) is 39.3 Å². The molecule has 23 nitrogen and oxygen atoms in total. The van der Waals surface area contributed by atoms with Crippen LogP contribution in [0.15, 0.2) is 224 Å². The molecule has 0 radical (unpaired) electrons. The van der Waals surface area contributed by atoms with E-state index in [2.05, 4.69) is 14.4 Å². The number of thiophene rings is 3. The number of nitriles is 1. The Bertz CT molecular complexity index is 5320. The Morgan fingerprint density at radius 1 is 0.528 bits per heavy atom. The topological polar surface area (TPSA) is 321 Å². The Hall–Kier alpha value is -8.68. The number of carbonyl (C=O) groups excluding carboxylic acids is 2. The molecule has 3 fully saturated rings. The van der Waals surface area contributed by atoms with Crippen molar-refractivity contribution in [2.75, 3.05) is 39.5 Å². The third kappa shape index (κ3) is 20.9. The number of carbonyl (C=O) groups is 2. The molecule has 3 atom stereocenters. The first-order chi connectivity index (χ1) is 50.6. The summed E-state index contributed by atoms with van der Waals surface area (Å²) in [4.78, 5) is 32.2. The van der Waals surface area contributed by atoms with Gasteiger partial charge in [-0.3, -0.25) is 9.59 Å². The first-order valence-electron chi connectivity index (χ1n) is 32.1. The monoisotopic (exact) mass is 1620 g/mol. The number of rotatable bonds is 23. The first kappa shape index (κ1) is 81.4. The number of ether oxygens (including phenoxy) is 3. The number of benzene rings is 6. The molecule has 3 aliphatic heterocycles. The van der Waals surface area contributed by atoms with E-state index >= 15 is 0 Å². The molecule has 6 aromatic carbocycles. The number of hydrogen-bond donors (Lipinski definition) is 2. The molecule has 3 aliphatic rings. The normalized spacial score (nSPS) is 16.3. The molecule has 0 spiro atoms. The number of nitrogens with two attached hydrogens (primary N) is 1. The van der Waals surface area contributed by atoms with Gasteiger partial charge in [0.1, 0.15) is 44.8 Å². The van der Waals surface area contributed by atoms with Crippen LogP contribution in [0.25, 0.3) is 9.69 Å². The predicted octanol–water partition coefficient (Wildman–Crippen LogP) is 12.6. The molecule has 0 amide bonds. The van der Waals surface area contributed by atoms with Gasteiger partial charge < -0.3 is 25.1 Å². The van der Waals surface area contributed by atoms with Gasteiger partial charge in [0.05, 0.1) is 73.4 Å². The lowest BCUT2D eigenvalue weighted by Crippen LogP contribution is -2.38. The number of sulfone groups is 2. The van der Waals surface area contributed by atoms with Crippen molar-refractivity contribution in [3.63, 3.8) is 0 Å². The van der Waals surface area contributed by atoms with Crippen molar-refractivity contribution in [3.05, 3.63) is 238 Å². The summed E-state index contributed by atoms with van der Waals surface area (Å²) >= 11 is 4.69. The number of sulfonamides is 3. The lowest BCUT2D eigenvalue weighted by molar-refractivity contribution is -0.144. The van der Waals surface area contributed by atoms with Crippen LogP contribution in [0.4, 0.5) is 23.2 Å². The van der Waals surface area contributed by atoms with Crippen LogP contribution in [0.3, 0.4) is 0 Å². The van der Waals surface area contributed by atoms with Gasteiger partial charge in [-0.1, -0.05) is 54.2 Å². The van der Waals surface area contributed by atoms with Crippen molar-refractivity contribution in [1.82, 2.24) is 12.9 Å². The van der Waals surface area contributed by atoms with E-state index in [4.69, 9.17) is 33.6 Å². The zero-order valence-corrected chi connectivity index (χ0v) is 63.1. The Morgan fingerprint density at radius 3 is 1.37 bits per heavy atom. The average molecular weight is 1620 g/mol. The number of aliphatic hydroxyl groups excluding tert-OH is 1. The molecule has 3 N–H and O–H groups in total. The number of halogens is 3. The highest BCUT2D eigenvalue weighted by Crippen LogP contribution is 2.40. The molecule has 0 saturated carbocycles. The van der Waals surface area contributed by atoms with Crippen LogP contribution in [0.1, 0.15) is 54.5 Å². The summed E-state index contributed by atoms with van der Waals surface area (Å²) in [5.74, 6) is -1.93. The van der Waals surface area contributed by atoms with E-state index in [9.17, 15) is 70.0 Å². The van der Waals surface area contributed by atoms with Crippen molar-refractivity contribution in [2.24, 2.45) is 5.73 Å². The van der Waals surface area contributed by atoms with Crippen molar-refractivity contribution in [2.45, 2.75) is 118 Å². The molecule has 0 aliphatic carbocycles. The SMILES string of the molecule is N#COc1ccc(F)cc1.NCc1ccc(S(=O)(=O)c2cccc(S(=O)(=O)N3CCC[C@H]3COC(=O)Cc3ccc(F)cc3)c2)s1.[C-]#[N+]c1ccc(S(=O)(=O)c2cccc(S(=O)(=O)N3CCC[C@H]3COC(=O)Cc3ccc(F)cc3)c2)s1.[C-]#[N+]c1ccc(Sc2cccc(S(=O)(=O)N3CCC[C@H]3CO)c2)s1. The third-order valence-corrected chi connectivity index (χ3v) is 30.9. The van der Waals surface area contributed by atoms with Crippen LogP contribution in [0.2, 0.25) is 0 Å². The Morgan fingerprint density at radius 2 is 0.934 bits per heavy atom. The molecule has 9 aromatic rings. The van der Waals surface area contributed by atoms with Crippen molar-refractivity contribution in [3.8, 4) is 12.0 Å². The average Bonchev–Trinajstić information content (AvgIpc) is 1.40. The quantitative estimate of drug-likeness (QED) is 0.0341. The second-order valence-corrected chi connectivity index (χ2v) is 38.1. The van der Waals surface area contributed by atoms with E-state index in [0.29, 0.717) is 65.4 Å². The second-order valence-electron chi connectivity index (χ2n) is 23.4.